The smallest absolute Gasteiger partial charge is 0.290 e. The van der Waals surface area contributed by atoms with Gasteiger partial charge in [0.2, 0.25) is 0 Å². The van der Waals surface area contributed by atoms with E-state index in [1.54, 1.807) is 24.3 Å². The molecule has 5 nitrogen and oxygen atoms in total. The van der Waals surface area contributed by atoms with E-state index in [4.69, 9.17) is 0 Å². The van der Waals surface area contributed by atoms with Crippen molar-refractivity contribution < 1.29 is 4.92 Å². The van der Waals surface area contributed by atoms with Crippen molar-refractivity contribution in [2.45, 2.75) is 13.3 Å². The van der Waals surface area contributed by atoms with Crippen molar-refractivity contribution >= 4 is 22.8 Å². The first-order chi connectivity index (χ1) is 8.66. The number of hydrogen-bond acceptors (Lipinski definition) is 5. The molecule has 2 aromatic heterocycles. The van der Waals surface area contributed by atoms with Gasteiger partial charge in [-0.1, -0.05) is 0 Å². The third-order valence-corrected chi connectivity index (χ3v) is 3.29. The number of anilines is 1. The van der Waals surface area contributed by atoms with Crippen molar-refractivity contribution in [3.63, 3.8) is 0 Å². The Morgan fingerprint density at radius 2 is 2.28 bits per heavy atom. The predicted molar refractivity (Wildman–Crippen MR) is 72.1 cm³/mol. The lowest BCUT2D eigenvalue weighted by Gasteiger charge is -2.05. The van der Waals surface area contributed by atoms with E-state index in [2.05, 4.69) is 21.7 Å². The van der Waals surface area contributed by atoms with Gasteiger partial charge in [-0.25, -0.2) is 4.98 Å². The summed E-state index contributed by atoms with van der Waals surface area (Å²) in [6.45, 7) is 2.41. The molecule has 0 saturated carbocycles. The molecule has 2 aromatic rings. The number of nitrogens with one attached hydrogen (secondary N) is 1. The molecule has 0 aliphatic heterocycles. The topological polar surface area (TPSA) is 68.1 Å². The summed E-state index contributed by atoms with van der Waals surface area (Å²) < 4.78 is 0. The molecular formula is C12H13N3O2S. The second kappa shape index (κ2) is 5.59. The Hall–Kier alpha value is -1.95. The molecule has 0 unspecified atom stereocenters. The number of aryl methyl sites for hydroxylation is 1. The van der Waals surface area contributed by atoms with E-state index in [1.165, 1.54) is 11.6 Å². The van der Waals surface area contributed by atoms with E-state index < -0.39 is 4.92 Å². The summed E-state index contributed by atoms with van der Waals surface area (Å²) in [7, 11) is 0. The van der Waals surface area contributed by atoms with Gasteiger partial charge in [0.1, 0.15) is 11.5 Å². The molecule has 18 heavy (non-hydrogen) atoms. The van der Waals surface area contributed by atoms with Gasteiger partial charge in [-0.3, -0.25) is 10.1 Å². The SMILES string of the molecule is Cc1nc(NCCc2ccsc2)ccc1[N+](=O)[O-]. The van der Waals surface area contributed by atoms with Crippen LogP contribution in [0.25, 0.3) is 0 Å². The maximum Gasteiger partial charge on any atom is 0.290 e. The Morgan fingerprint density at radius 1 is 1.44 bits per heavy atom. The Labute approximate surface area is 109 Å². The lowest BCUT2D eigenvalue weighted by molar-refractivity contribution is -0.385. The molecule has 2 heterocycles. The normalized spacial score (nSPS) is 10.3. The van der Waals surface area contributed by atoms with Crippen LogP contribution in [-0.2, 0) is 6.42 Å². The molecule has 6 heteroatoms. The van der Waals surface area contributed by atoms with Crippen molar-refractivity contribution in [3.05, 3.63) is 50.3 Å². The molecule has 0 atom stereocenters. The van der Waals surface area contributed by atoms with E-state index in [0.29, 0.717) is 11.5 Å². The lowest BCUT2D eigenvalue weighted by atomic mass is 10.2. The van der Waals surface area contributed by atoms with E-state index in [9.17, 15) is 10.1 Å². The molecule has 94 valence electrons. The van der Waals surface area contributed by atoms with Gasteiger partial charge in [0, 0.05) is 12.6 Å². The Morgan fingerprint density at radius 3 is 2.89 bits per heavy atom. The zero-order valence-corrected chi connectivity index (χ0v) is 10.7. The molecule has 0 aliphatic carbocycles. The first-order valence-corrected chi connectivity index (χ1v) is 6.48. The molecule has 1 N–H and O–H groups in total. The maximum atomic E-state index is 10.6. The standard InChI is InChI=1S/C12H13N3O2S/c1-9-11(15(16)17)2-3-12(14-9)13-6-4-10-5-7-18-8-10/h2-3,5,7-8H,4,6H2,1H3,(H,13,14). The second-order valence-electron chi connectivity index (χ2n) is 3.87. The lowest BCUT2D eigenvalue weighted by Crippen LogP contribution is -2.07. The van der Waals surface area contributed by atoms with Gasteiger partial charge < -0.3 is 5.32 Å². The van der Waals surface area contributed by atoms with Crippen molar-refractivity contribution in [3.8, 4) is 0 Å². The molecule has 0 aliphatic rings. The van der Waals surface area contributed by atoms with Gasteiger partial charge in [-0.15, -0.1) is 0 Å². The third-order valence-electron chi connectivity index (χ3n) is 2.55. The van der Waals surface area contributed by atoms with Gasteiger partial charge in [-0.05, 0) is 41.8 Å². The highest BCUT2D eigenvalue weighted by Crippen LogP contribution is 2.17. The fourth-order valence-electron chi connectivity index (χ4n) is 1.61. The predicted octanol–water partition coefficient (Wildman–Crippen LogP) is 3.01. The van der Waals surface area contributed by atoms with Crippen LogP contribution in [0.2, 0.25) is 0 Å². The minimum Gasteiger partial charge on any atom is -0.370 e. The van der Waals surface area contributed by atoms with Crippen LogP contribution < -0.4 is 5.32 Å². The number of aromatic nitrogens is 1. The summed E-state index contributed by atoms with van der Waals surface area (Å²) in [5.74, 6) is 0.674. The number of nitrogens with zero attached hydrogens (tertiary/aromatic N) is 2. The zero-order chi connectivity index (χ0) is 13.0. The molecule has 0 amide bonds. The highest BCUT2D eigenvalue weighted by atomic mass is 32.1. The zero-order valence-electron chi connectivity index (χ0n) is 9.92. The average Bonchev–Trinajstić information content (AvgIpc) is 2.81. The van der Waals surface area contributed by atoms with Crippen LogP contribution in [0.1, 0.15) is 11.3 Å². The Kier molecular flexibility index (Phi) is 3.88. The summed E-state index contributed by atoms with van der Waals surface area (Å²) in [4.78, 5) is 14.4. The molecule has 0 bridgehead atoms. The summed E-state index contributed by atoms with van der Waals surface area (Å²) in [6, 6.07) is 5.20. The van der Waals surface area contributed by atoms with Gasteiger partial charge in [-0.2, -0.15) is 11.3 Å². The minimum atomic E-state index is -0.419. The molecule has 0 aromatic carbocycles. The molecule has 2 rings (SSSR count). The quantitative estimate of drug-likeness (QED) is 0.665. The van der Waals surface area contributed by atoms with Gasteiger partial charge in [0.15, 0.2) is 0 Å². The number of thiophene rings is 1. The summed E-state index contributed by atoms with van der Waals surface area (Å²) in [5.41, 5.74) is 1.77. The van der Waals surface area contributed by atoms with Crippen LogP contribution in [0.3, 0.4) is 0 Å². The Bertz CT molecular complexity index is 540. The Balaban J connectivity index is 1.94. The first-order valence-electron chi connectivity index (χ1n) is 5.54. The summed E-state index contributed by atoms with van der Waals surface area (Å²) >= 11 is 1.68. The second-order valence-corrected chi connectivity index (χ2v) is 4.65. The third kappa shape index (κ3) is 3.04. The van der Waals surface area contributed by atoms with Crippen LogP contribution >= 0.6 is 11.3 Å². The maximum absolute atomic E-state index is 10.6. The highest BCUT2D eigenvalue weighted by molar-refractivity contribution is 7.07. The number of hydrogen-bond donors (Lipinski definition) is 1. The van der Waals surface area contributed by atoms with E-state index >= 15 is 0 Å². The summed E-state index contributed by atoms with van der Waals surface area (Å²) in [6.07, 6.45) is 0.918. The van der Waals surface area contributed by atoms with Crippen molar-refractivity contribution in [2.75, 3.05) is 11.9 Å². The monoisotopic (exact) mass is 263 g/mol. The van der Waals surface area contributed by atoms with Crippen molar-refractivity contribution in [1.29, 1.82) is 0 Å². The van der Waals surface area contributed by atoms with Crippen LogP contribution in [0.15, 0.2) is 29.0 Å². The molecule has 0 radical (unpaired) electrons. The average molecular weight is 263 g/mol. The molecule has 0 spiro atoms. The number of nitro groups is 1. The van der Waals surface area contributed by atoms with Crippen LogP contribution in [0, 0.1) is 17.0 Å². The minimum absolute atomic E-state index is 0.0541. The van der Waals surface area contributed by atoms with E-state index in [-0.39, 0.29) is 5.69 Å². The molecule has 0 fully saturated rings. The molecular weight excluding hydrogens is 250 g/mol. The van der Waals surface area contributed by atoms with E-state index in [0.717, 1.165) is 13.0 Å². The largest absolute Gasteiger partial charge is 0.370 e. The van der Waals surface area contributed by atoms with Gasteiger partial charge in [0.05, 0.1) is 4.92 Å². The van der Waals surface area contributed by atoms with Crippen molar-refractivity contribution in [1.82, 2.24) is 4.98 Å². The number of rotatable bonds is 5. The number of pyridine rings is 1. The highest BCUT2D eigenvalue weighted by Gasteiger charge is 2.11. The fourth-order valence-corrected chi connectivity index (χ4v) is 2.32. The van der Waals surface area contributed by atoms with Crippen LogP contribution in [-0.4, -0.2) is 16.5 Å². The summed E-state index contributed by atoms with van der Waals surface area (Å²) in [5, 5.41) is 18.0. The fraction of sp³-hybridized carbons (Fsp3) is 0.250. The van der Waals surface area contributed by atoms with Crippen molar-refractivity contribution in [2.24, 2.45) is 0 Å². The van der Waals surface area contributed by atoms with Crippen LogP contribution in [0.4, 0.5) is 11.5 Å². The van der Waals surface area contributed by atoms with Gasteiger partial charge >= 0.3 is 0 Å². The first kappa shape index (κ1) is 12.5. The molecule has 0 saturated heterocycles. The van der Waals surface area contributed by atoms with Crippen LogP contribution in [0.5, 0.6) is 0 Å². The van der Waals surface area contributed by atoms with Gasteiger partial charge in [0.25, 0.3) is 5.69 Å². The van der Waals surface area contributed by atoms with E-state index in [1.807, 2.05) is 5.38 Å².